The molecule has 0 unspecified atom stereocenters. The molecular weight excluding hydrogens is 157 g/mol. The van der Waals surface area contributed by atoms with Gasteiger partial charge in [-0.25, -0.2) is 4.39 Å². The molecule has 1 rings (SSSR count). The van der Waals surface area contributed by atoms with Crippen LogP contribution in [0.1, 0.15) is 19.0 Å². The zero-order chi connectivity index (χ0) is 8.97. The fourth-order valence-electron chi connectivity index (χ4n) is 0.942. The highest BCUT2D eigenvalue weighted by Gasteiger charge is 1.99. The number of hydrogen-bond donors (Lipinski definition) is 1. The van der Waals surface area contributed by atoms with Gasteiger partial charge in [-0.05, 0) is 31.9 Å². The Morgan fingerprint density at radius 2 is 2.42 bits per heavy atom. The molecular formula is C9H12FNO. The fraction of sp³-hybridized carbons (Fsp3) is 0.444. The molecule has 0 radical (unpaired) electrons. The van der Waals surface area contributed by atoms with Gasteiger partial charge in [0.15, 0.2) is 0 Å². The maximum atomic E-state index is 12.6. The van der Waals surface area contributed by atoms with Crippen molar-refractivity contribution in [2.45, 2.75) is 25.9 Å². The molecule has 0 spiro atoms. The Bertz CT molecular complexity index is 250. The van der Waals surface area contributed by atoms with Crippen LogP contribution in [0.5, 0.6) is 0 Å². The number of aryl methyl sites for hydroxylation is 1. The van der Waals surface area contributed by atoms with E-state index in [4.69, 9.17) is 5.11 Å². The normalized spacial score (nSPS) is 12.9. The van der Waals surface area contributed by atoms with Crippen molar-refractivity contribution in [2.24, 2.45) is 0 Å². The Kier molecular flexibility index (Phi) is 3.17. The van der Waals surface area contributed by atoms with E-state index in [1.807, 2.05) is 0 Å². The Balaban J connectivity index is 2.52. The molecule has 1 atom stereocenters. The van der Waals surface area contributed by atoms with Gasteiger partial charge in [0.2, 0.25) is 0 Å². The van der Waals surface area contributed by atoms with Crippen molar-refractivity contribution in [2.75, 3.05) is 0 Å². The molecule has 0 fully saturated rings. The standard InChI is InChI=1S/C9H12FNO/c1-7(12)2-3-9-6-8(10)4-5-11-9/h4-7,12H,2-3H2,1H3/t7-/m0/s1. The Labute approximate surface area is 71.1 Å². The lowest BCUT2D eigenvalue weighted by atomic mass is 10.1. The summed E-state index contributed by atoms with van der Waals surface area (Å²) < 4.78 is 12.6. The minimum absolute atomic E-state index is 0.273. The van der Waals surface area contributed by atoms with E-state index in [9.17, 15) is 4.39 Å². The minimum Gasteiger partial charge on any atom is -0.393 e. The average Bonchev–Trinajstić information content (AvgIpc) is 2.01. The van der Waals surface area contributed by atoms with E-state index in [0.717, 1.165) is 0 Å². The van der Waals surface area contributed by atoms with Gasteiger partial charge >= 0.3 is 0 Å². The van der Waals surface area contributed by atoms with Crippen molar-refractivity contribution in [3.63, 3.8) is 0 Å². The number of aromatic nitrogens is 1. The number of pyridine rings is 1. The van der Waals surface area contributed by atoms with Gasteiger partial charge in [0.05, 0.1) is 6.10 Å². The van der Waals surface area contributed by atoms with E-state index in [-0.39, 0.29) is 11.9 Å². The second-order valence-corrected chi connectivity index (χ2v) is 2.85. The lowest BCUT2D eigenvalue weighted by molar-refractivity contribution is 0.184. The van der Waals surface area contributed by atoms with Crippen LogP contribution in [0.2, 0.25) is 0 Å². The molecule has 12 heavy (non-hydrogen) atoms. The van der Waals surface area contributed by atoms with Crippen LogP contribution in [-0.2, 0) is 6.42 Å². The van der Waals surface area contributed by atoms with E-state index in [1.165, 1.54) is 18.3 Å². The van der Waals surface area contributed by atoms with Gasteiger partial charge in [-0.15, -0.1) is 0 Å². The zero-order valence-corrected chi connectivity index (χ0v) is 7.00. The second-order valence-electron chi connectivity index (χ2n) is 2.85. The topological polar surface area (TPSA) is 33.1 Å². The van der Waals surface area contributed by atoms with Gasteiger partial charge < -0.3 is 5.11 Å². The smallest absolute Gasteiger partial charge is 0.126 e. The Morgan fingerprint density at radius 1 is 1.67 bits per heavy atom. The molecule has 0 aliphatic carbocycles. The van der Waals surface area contributed by atoms with Crippen molar-refractivity contribution in [1.29, 1.82) is 0 Å². The van der Waals surface area contributed by atoms with Gasteiger partial charge in [-0.1, -0.05) is 0 Å². The second kappa shape index (κ2) is 4.16. The highest BCUT2D eigenvalue weighted by atomic mass is 19.1. The first kappa shape index (κ1) is 9.13. The third kappa shape index (κ3) is 2.96. The Morgan fingerprint density at radius 3 is 3.00 bits per heavy atom. The van der Waals surface area contributed by atoms with E-state index in [0.29, 0.717) is 18.5 Å². The first-order valence-electron chi connectivity index (χ1n) is 3.97. The summed E-state index contributed by atoms with van der Waals surface area (Å²) in [5, 5.41) is 8.96. The molecule has 0 bridgehead atoms. The molecule has 0 amide bonds. The highest BCUT2D eigenvalue weighted by Crippen LogP contribution is 2.03. The summed E-state index contributed by atoms with van der Waals surface area (Å²) in [6, 6.07) is 2.70. The van der Waals surface area contributed by atoms with Crippen molar-refractivity contribution < 1.29 is 9.50 Å². The van der Waals surface area contributed by atoms with Gasteiger partial charge in [0.25, 0.3) is 0 Å². The highest BCUT2D eigenvalue weighted by molar-refractivity contribution is 5.05. The van der Waals surface area contributed by atoms with Crippen molar-refractivity contribution in [1.82, 2.24) is 4.98 Å². The summed E-state index contributed by atoms with van der Waals surface area (Å²) in [5.74, 6) is -0.273. The number of nitrogens with zero attached hydrogens (tertiary/aromatic N) is 1. The SMILES string of the molecule is C[C@H](O)CCc1cc(F)ccn1. The van der Waals surface area contributed by atoms with E-state index < -0.39 is 0 Å². The third-order valence-corrected chi connectivity index (χ3v) is 1.60. The van der Waals surface area contributed by atoms with E-state index in [1.54, 1.807) is 6.92 Å². The summed E-state index contributed by atoms with van der Waals surface area (Å²) in [5.41, 5.74) is 0.691. The first-order valence-corrected chi connectivity index (χ1v) is 3.97. The van der Waals surface area contributed by atoms with Crippen LogP contribution in [0.3, 0.4) is 0 Å². The maximum absolute atomic E-state index is 12.6. The summed E-state index contributed by atoms with van der Waals surface area (Å²) in [4.78, 5) is 3.96. The lowest BCUT2D eigenvalue weighted by Crippen LogP contribution is -2.02. The van der Waals surface area contributed by atoms with Crippen molar-refractivity contribution >= 4 is 0 Å². The van der Waals surface area contributed by atoms with Gasteiger partial charge in [0.1, 0.15) is 5.82 Å². The lowest BCUT2D eigenvalue weighted by Gasteiger charge is -2.02. The van der Waals surface area contributed by atoms with Crippen LogP contribution in [0.4, 0.5) is 4.39 Å². The van der Waals surface area contributed by atoms with Crippen LogP contribution >= 0.6 is 0 Å². The number of hydrogen-bond acceptors (Lipinski definition) is 2. The molecule has 3 heteroatoms. The van der Waals surface area contributed by atoms with E-state index in [2.05, 4.69) is 4.98 Å². The number of aliphatic hydroxyl groups is 1. The number of rotatable bonds is 3. The quantitative estimate of drug-likeness (QED) is 0.744. The van der Waals surface area contributed by atoms with Crippen LogP contribution in [0.25, 0.3) is 0 Å². The first-order chi connectivity index (χ1) is 5.68. The molecule has 0 saturated heterocycles. The third-order valence-electron chi connectivity index (χ3n) is 1.60. The molecule has 0 aromatic carbocycles. The Hall–Kier alpha value is -0.960. The summed E-state index contributed by atoms with van der Waals surface area (Å²) in [6.45, 7) is 1.71. The van der Waals surface area contributed by atoms with Crippen LogP contribution in [0, 0.1) is 5.82 Å². The van der Waals surface area contributed by atoms with E-state index >= 15 is 0 Å². The molecule has 1 aromatic heterocycles. The maximum Gasteiger partial charge on any atom is 0.126 e. The molecule has 2 nitrogen and oxygen atoms in total. The minimum atomic E-state index is -0.352. The monoisotopic (exact) mass is 169 g/mol. The summed E-state index contributed by atoms with van der Waals surface area (Å²) >= 11 is 0. The summed E-state index contributed by atoms with van der Waals surface area (Å²) in [6.07, 6.45) is 2.33. The average molecular weight is 169 g/mol. The van der Waals surface area contributed by atoms with Gasteiger partial charge in [-0.3, -0.25) is 4.98 Å². The number of halogens is 1. The molecule has 1 heterocycles. The largest absolute Gasteiger partial charge is 0.393 e. The van der Waals surface area contributed by atoms with Crippen molar-refractivity contribution in [3.8, 4) is 0 Å². The molecule has 66 valence electrons. The molecule has 1 N–H and O–H groups in total. The number of aliphatic hydroxyl groups excluding tert-OH is 1. The van der Waals surface area contributed by atoms with Crippen LogP contribution in [0.15, 0.2) is 18.3 Å². The molecule has 1 aromatic rings. The van der Waals surface area contributed by atoms with Gasteiger partial charge in [0, 0.05) is 11.9 Å². The molecule has 0 saturated carbocycles. The van der Waals surface area contributed by atoms with Crippen LogP contribution < -0.4 is 0 Å². The molecule has 0 aliphatic rings. The molecule has 0 aliphatic heterocycles. The van der Waals surface area contributed by atoms with Crippen molar-refractivity contribution in [3.05, 3.63) is 29.8 Å². The fourth-order valence-corrected chi connectivity index (χ4v) is 0.942. The zero-order valence-electron chi connectivity index (χ0n) is 7.00. The van der Waals surface area contributed by atoms with Gasteiger partial charge in [-0.2, -0.15) is 0 Å². The predicted molar refractivity (Wildman–Crippen MR) is 44.2 cm³/mol. The van der Waals surface area contributed by atoms with Crippen LogP contribution in [-0.4, -0.2) is 16.2 Å². The summed E-state index contributed by atoms with van der Waals surface area (Å²) in [7, 11) is 0. The predicted octanol–water partition coefficient (Wildman–Crippen LogP) is 1.53.